The molecule has 0 aliphatic heterocycles. The van der Waals surface area contributed by atoms with E-state index in [0.717, 1.165) is 0 Å². The molecule has 1 aromatic rings. The van der Waals surface area contributed by atoms with Gasteiger partial charge in [-0.25, -0.2) is 0 Å². The van der Waals surface area contributed by atoms with Crippen LogP contribution in [0.3, 0.4) is 0 Å². The van der Waals surface area contributed by atoms with Gasteiger partial charge in [0.2, 0.25) is 0 Å². The van der Waals surface area contributed by atoms with Crippen LogP contribution in [-0.4, -0.2) is 19.2 Å². The van der Waals surface area contributed by atoms with E-state index in [-0.39, 0.29) is 17.9 Å². The SMILES string of the molecule is CCOC(=O)C(Cl)c1ccccc1OC(F)F. The summed E-state index contributed by atoms with van der Waals surface area (Å²) in [6, 6.07) is 5.83. The third kappa shape index (κ3) is 3.85. The van der Waals surface area contributed by atoms with E-state index in [9.17, 15) is 13.6 Å². The number of hydrogen-bond acceptors (Lipinski definition) is 3. The van der Waals surface area contributed by atoms with Crippen molar-refractivity contribution in [1.29, 1.82) is 0 Å². The summed E-state index contributed by atoms with van der Waals surface area (Å²) >= 11 is 5.82. The standard InChI is InChI=1S/C11H11ClF2O3/c1-2-16-10(15)9(12)7-5-3-4-6-8(7)17-11(13)14/h3-6,9,11H,2H2,1H3. The number of carbonyl (C=O) groups excluding carboxylic acids is 1. The van der Waals surface area contributed by atoms with Gasteiger partial charge in [0.05, 0.1) is 6.61 Å². The van der Waals surface area contributed by atoms with Crippen molar-refractivity contribution in [2.24, 2.45) is 0 Å². The highest BCUT2D eigenvalue weighted by Crippen LogP contribution is 2.31. The zero-order chi connectivity index (χ0) is 12.8. The van der Waals surface area contributed by atoms with Crippen LogP contribution in [0.2, 0.25) is 0 Å². The predicted octanol–water partition coefficient (Wildman–Crippen LogP) is 3.13. The van der Waals surface area contributed by atoms with E-state index in [0.29, 0.717) is 0 Å². The largest absolute Gasteiger partial charge is 0.465 e. The average molecular weight is 265 g/mol. The van der Waals surface area contributed by atoms with E-state index < -0.39 is 18.0 Å². The molecule has 0 aliphatic rings. The Morgan fingerprint density at radius 2 is 2.06 bits per heavy atom. The Hall–Kier alpha value is -1.36. The molecule has 0 saturated carbocycles. The van der Waals surface area contributed by atoms with Gasteiger partial charge in [-0.1, -0.05) is 18.2 Å². The van der Waals surface area contributed by atoms with Crippen molar-refractivity contribution in [1.82, 2.24) is 0 Å². The molecule has 0 N–H and O–H groups in total. The highest BCUT2D eigenvalue weighted by molar-refractivity contribution is 6.30. The Kier molecular flexibility index (Phi) is 5.15. The molecule has 3 nitrogen and oxygen atoms in total. The van der Waals surface area contributed by atoms with Gasteiger partial charge in [-0.2, -0.15) is 8.78 Å². The first kappa shape index (κ1) is 13.7. The molecular weight excluding hydrogens is 254 g/mol. The van der Waals surface area contributed by atoms with Gasteiger partial charge in [-0.05, 0) is 13.0 Å². The Morgan fingerprint density at radius 1 is 1.41 bits per heavy atom. The van der Waals surface area contributed by atoms with Crippen LogP contribution < -0.4 is 4.74 Å². The smallest absolute Gasteiger partial charge is 0.387 e. The van der Waals surface area contributed by atoms with Gasteiger partial charge in [0.15, 0.2) is 5.38 Å². The van der Waals surface area contributed by atoms with Gasteiger partial charge < -0.3 is 9.47 Å². The first-order chi connectivity index (χ1) is 8.06. The molecule has 0 spiro atoms. The molecule has 0 radical (unpaired) electrons. The Balaban J connectivity index is 2.92. The van der Waals surface area contributed by atoms with Gasteiger partial charge in [0.25, 0.3) is 0 Å². The van der Waals surface area contributed by atoms with Crippen LogP contribution in [0.4, 0.5) is 8.78 Å². The molecule has 0 amide bonds. The third-order valence-corrected chi connectivity index (χ3v) is 2.31. The van der Waals surface area contributed by atoms with E-state index >= 15 is 0 Å². The second-order valence-corrected chi connectivity index (χ2v) is 3.47. The number of carbonyl (C=O) groups is 1. The highest BCUT2D eigenvalue weighted by Gasteiger charge is 2.23. The molecule has 17 heavy (non-hydrogen) atoms. The fourth-order valence-electron chi connectivity index (χ4n) is 1.24. The van der Waals surface area contributed by atoms with Gasteiger partial charge in [-0.3, -0.25) is 4.79 Å². The summed E-state index contributed by atoms with van der Waals surface area (Å²) < 4.78 is 33.2. The minimum atomic E-state index is -2.97. The van der Waals surface area contributed by atoms with Crippen molar-refractivity contribution in [3.8, 4) is 5.75 Å². The molecule has 0 saturated heterocycles. The molecule has 1 aromatic carbocycles. The van der Waals surface area contributed by atoms with Gasteiger partial charge >= 0.3 is 12.6 Å². The lowest BCUT2D eigenvalue weighted by Gasteiger charge is -2.13. The number of benzene rings is 1. The molecule has 0 fully saturated rings. The first-order valence-electron chi connectivity index (χ1n) is 4.90. The maximum atomic E-state index is 12.1. The van der Waals surface area contributed by atoms with Gasteiger partial charge in [-0.15, -0.1) is 11.6 Å². The predicted molar refractivity (Wildman–Crippen MR) is 58.3 cm³/mol. The second kappa shape index (κ2) is 6.39. The fourth-order valence-corrected chi connectivity index (χ4v) is 1.48. The summed E-state index contributed by atoms with van der Waals surface area (Å²) in [5.41, 5.74) is 0.160. The van der Waals surface area contributed by atoms with Crippen LogP contribution in [0, 0.1) is 0 Å². The molecule has 0 heterocycles. The number of para-hydroxylation sites is 1. The van der Waals surface area contributed by atoms with E-state index in [4.69, 9.17) is 16.3 Å². The summed E-state index contributed by atoms with van der Waals surface area (Å²) in [6.45, 7) is -1.18. The van der Waals surface area contributed by atoms with E-state index in [2.05, 4.69) is 4.74 Å². The summed E-state index contributed by atoms with van der Waals surface area (Å²) in [5.74, 6) is -0.824. The molecule has 1 atom stereocenters. The summed E-state index contributed by atoms with van der Waals surface area (Å²) in [5, 5.41) is -1.16. The number of esters is 1. The van der Waals surface area contributed by atoms with Crippen molar-refractivity contribution < 1.29 is 23.0 Å². The molecule has 6 heteroatoms. The molecule has 1 unspecified atom stereocenters. The monoisotopic (exact) mass is 264 g/mol. The lowest BCUT2D eigenvalue weighted by atomic mass is 10.1. The number of alkyl halides is 3. The van der Waals surface area contributed by atoms with Crippen molar-refractivity contribution in [2.75, 3.05) is 6.61 Å². The zero-order valence-corrected chi connectivity index (χ0v) is 9.79. The van der Waals surface area contributed by atoms with Crippen molar-refractivity contribution in [3.05, 3.63) is 29.8 Å². The maximum Gasteiger partial charge on any atom is 0.387 e. The van der Waals surface area contributed by atoms with Crippen molar-refractivity contribution in [2.45, 2.75) is 18.9 Å². The number of ether oxygens (including phenoxy) is 2. The molecule has 94 valence electrons. The Morgan fingerprint density at radius 3 is 2.65 bits per heavy atom. The fraction of sp³-hybridized carbons (Fsp3) is 0.364. The number of halogens is 3. The summed E-state index contributed by atoms with van der Waals surface area (Å²) in [4.78, 5) is 11.4. The summed E-state index contributed by atoms with van der Waals surface area (Å²) in [6.07, 6.45) is 0. The molecular formula is C11H11ClF2O3. The van der Waals surface area contributed by atoms with Crippen molar-refractivity contribution >= 4 is 17.6 Å². The molecule has 1 rings (SSSR count). The average Bonchev–Trinajstić information content (AvgIpc) is 2.28. The lowest BCUT2D eigenvalue weighted by Crippen LogP contribution is -2.13. The number of rotatable bonds is 5. The normalized spacial score (nSPS) is 12.3. The van der Waals surface area contributed by atoms with Crippen LogP contribution in [-0.2, 0) is 9.53 Å². The maximum absolute atomic E-state index is 12.1. The molecule has 0 aliphatic carbocycles. The van der Waals surface area contributed by atoms with Crippen LogP contribution in [0.15, 0.2) is 24.3 Å². The number of hydrogen-bond donors (Lipinski definition) is 0. The summed E-state index contributed by atoms with van der Waals surface area (Å²) in [7, 11) is 0. The van der Waals surface area contributed by atoms with Crippen molar-refractivity contribution in [3.63, 3.8) is 0 Å². The lowest BCUT2D eigenvalue weighted by molar-refractivity contribution is -0.142. The van der Waals surface area contributed by atoms with Crippen LogP contribution in [0.5, 0.6) is 5.75 Å². The molecule has 0 bridgehead atoms. The minimum Gasteiger partial charge on any atom is -0.465 e. The van der Waals surface area contributed by atoms with Gasteiger partial charge in [0, 0.05) is 5.56 Å². The second-order valence-electron chi connectivity index (χ2n) is 3.03. The Bertz CT molecular complexity index is 385. The Labute approximate surface area is 102 Å². The van der Waals surface area contributed by atoms with E-state index in [1.807, 2.05) is 0 Å². The van der Waals surface area contributed by atoms with Crippen LogP contribution in [0.1, 0.15) is 17.9 Å². The van der Waals surface area contributed by atoms with Crippen LogP contribution in [0.25, 0.3) is 0 Å². The zero-order valence-electron chi connectivity index (χ0n) is 9.03. The third-order valence-electron chi connectivity index (χ3n) is 1.90. The quantitative estimate of drug-likeness (QED) is 0.605. The first-order valence-corrected chi connectivity index (χ1v) is 5.34. The van der Waals surface area contributed by atoms with Gasteiger partial charge in [0.1, 0.15) is 5.75 Å². The minimum absolute atomic E-state index is 0.129. The topological polar surface area (TPSA) is 35.5 Å². The van der Waals surface area contributed by atoms with Crippen LogP contribution >= 0.6 is 11.6 Å². The van der Waals surface area contributed by atoms with E-state index in [1.54, 1.807) is 13.0 Å². The highest BCUT2D eigenvalue weighted by atomic mass is 35.5. The van der Waals surface area contributed by atoms with E-state index in [1.165, 1.54) is 18.2 Å². The molecule has 0 aromatic heterocycles.